The van der Waals surface area contributed by atoms with Gasteiger partial charge in [0.2, 0.25) is 5.91 Å². The van der Waals surface area contributed by atoms with E-state index in [-0.39, 0.29) is 11.5 Å². The summed E-state index contributed by atoms with van der Waals surface area (Å²) in [5.74, 6) is -1.38. The van der Waals surface area contributed by atoms with Gasteiger partial charge in [0.15, 0.2) is 0 Å². The number of nitrogens with two attached hydrogens (primary N) is 1. The molecule has 1 aliphatic carbocycles. The van der Waals surface area contributed by atoms with Crippen molar-refractivity contribution in [2.45, 2.75) is 24.8 Å². The molecule has 5 nitrogen and oxygen atoms in total. The van der Waals surface area contributed by atoms with Crippen LogP contribution in [-0.4, -0.2) is 22.5 Å². The first-order valence-electron chi connectivity index (χ1n) is 5.45. The van der Waals surface area contributed by atoms with Crippen molar-refractivity contribution in [3.05, 3.63) is 29.8 Å². The highest BCUT2D eigenvalue weighted by molar-refractivity contribution is 6.04. The van der Waals surface area contributed by atoms with Gasteiger partial charge in [0.25, 0.3) is 0 Å². The Labute approximate surface area is 98.6 Å². The zero-order chi connectivity index (χ0) is 12.5. The smallest absolute Gasteiger partial charge is 0.337 e. The van der Waals surface area contributed by atoms with Crippen molar-refractivity contribution in [1.82, 2.24) is 0 Å². The number of carboxylic acid groups (broad SMARTS) is 1. The Hall–Kier alpha value is -1.88. The van der Waals surface area contributed by atoms with E-state index in [4.69, 9.17) is 10.8 Å². The number of benzene rings is 1. The Morgan fingerprint density at radius 2 is 1.94 bits per heavy atom. The number of hydrogen-bond donors (Lipinski definition) is 3. The topological polar surface area (TPSA) is 92.4 Å². The van der Waals surface area contributed by atoms with Crippen molar-refractivity contribution in [1.29, 1.82) is 0 Å². The lowest BCUT2D eigenvalue weighted by Crippen LogP contribution is -2.56. The minimum Gasteiger partial charge on any atom is -0.478 e. The van der Waals surface area contributed by atoms with Gasteiger partial charge in [-0.25, -0.2) is 4.79 Å². The fourth-order valence-corrected chi connectivity index (χ4v) is 1.81. The second-order valence-electron chi connectivity index (χ2n) is 4.31. The number of carbonyl (C=O) groups is 2. The second-order valence-corrected chi connectivity index (χ2v) is 4.31. The molecule has 0 saturated heterocycles. The molecule has 0 aromatic heterocycles. The van der Waals surface area contributed by atoms with Gasteiger partial charge in [-0.15, -0.1) is 0 Å². The van der Waals surface area contributed by atoms with Crippen LogP contribution in [0.4, 0.5) is 5.69 Å². The molecular formula is C12H14N2O3. The van der Waals surface area contributed by atoms with Gasteiger partial charge in [-0.3, -0.25) is 4.79 Å². The van der Waals surface area contributed by atoms with Gasteiger partial charge in [0, 0.05) is 0 Å². The molecule has 1 aliphatic rings. The standard InChI is InChI=1S/C12H14N2O3/c13-12(6-3-7-12)11(17)14-9-5-2-1-4-8(9)10(15)16/h1-2,4-5H,3,6-7,13H2,(H,14,17)(H,15,16). The molecule has 0 heterocycles. The van der Waals surface area contributed by atoms with Crippen LogP contribution in [0.15, 0.2) is 24.3 Å². The number of rotatable bonds is 3. The fourth-order valence-electron chi connectivity index (χ4n) is 1.81. The summed E-state index contributed by atoms with van der Waals surface area (Å²) in [6.07, 6.45) is 2.23. The number of nitrogens with one attached hydrogen (secondary N) is 1. The summed E-state index contributed by atoms with van der Waals surface area (Å²) in [5.41, 5.74) is 5.40. The van der Waals surface area contributed by atoms with Crippen LogP contribution in [-0.2, 0) is 4.79 Å². The summed E-state index contributed by atoms with van der Waals surface area (Å²) in [7, 11) is 0. The van der Waals surface area contributed by atoms with Gasteiger partial charge < -0.3 is 16.2 Å². The normalized spacial score (nSPS) is 17.0. The summed E-state index contributed by atoms with van der Waals surface area (Å²) < 4.78 is 0. The first-order valence-corrected chi connectivity index (χ1v) is 5.45. The van der Waals surface area contributed by atoms with Crippen molar-refractivity contribution >= 4 is 17.6 Å². The monoisotopic (exact) mass is 234 g/mol. The Bertz CT molecular complexity index is 467. The van der Waals surface area contributed by atoms with Gasteiger partial charge in [-0.05, 0) is 31.4 Å². The van der Waals surface area contributed by atoms with Crippen molar-refractivity contribution in [2.75, 3.05) is 5.32 Å². The van der Waals surface area contributed by atoms with Gasteiger partial charge in [0.05, 0.1) is 16.8 Å². The summed E-state index contributed by atoms with van der Waals surface area (Å²) in [6, 6.07) is 6.29. The van der Waals surface area contributed by atoms with Crippen LogP contribution in [0, 0.1) is 0 Å². The molecule has 17 heavy (non-hydrogen) atoms. The van der Waals surface area contributed by atoms with Crippen LogP contribution < -0.4 is 11.1 Å². The SMILES string of the molecule is NC1(C(=O)Nc2ccccc2C(=O)O)CCC1. The molecule has 1 fully saturated rings. The lowest BCUT2D eigenvalue weighted by molar-refractivity contribution is -0.123. The molecule has 4 N–H and O–H groups in total. The second kappa shape index (κ2) is 4.18. The molecule has 90 valence electrons. The first-order chi connectivity index (χ1) is 8.03. The van der Waals surface area contributed by atoms with Crippen LogP contribution in [0.2, 0.25) is 0 Å². The van der Waals surface area contributed by atoms with E-state index in [2.05, 4.69) is 5.32 Å². The third kappa shape index (κ3) is 2.14. The van der Waals surface area contributed by atoms with Crippen LogP contribution >= 0.6 is 0 Å². The molecule has 0 atom stereocenters. The van der Waals surface area contributed by atoms with Crippen molar-refractivity contribution in [3.8, 4) is 0 Å². The summed E-state index contributed by atoms with van der Waals surface area (Å²) in [6.45, 7) is 0. The predicted octanol–water partition coefficient (Wildman–Crippen LogP) is 1.20. The van der Waals surface area contributed by atoms with Gasteiger partial charge in [0.1, 0.15) is 0 Å². The van der Waals surface area contributed by atoms with E-state index in [9.17, 15) is 9.59 Å². The number of para-hydroxylation sites is 1. The maximum absolute atomic E-state index is 11.9. The zero-order valence-electron chi connectivity index (χ0n) is 9.27. The maximum atomic E-state index is 11.9. The van der Waals surface area contributed by atoms with E-state index in [1.165, 1.54) is 6.07 Å². The van der Waals surface area contributed by atoms with Crippen molar-refractivity contribution in [2.24, 2.45) is 5.73 Å². The average molecular weight is 234 g/mol. The number of anilines is 1. The molecule has 0 radical (unpaired) electrons. The van der Waals surface area contributed by atoms with Crippen molar-refractivity contribution < 1.29 is 14.7 Å². The van der Waals surface area contributed by atoms with Crippen LogP contribution in [0.25, 0.3) is 0 Å². The number of carbonyl (C=O) groups excluding carboxylic acids is 1. The lowest BCUT2D eigenvalue weighted by Gasteiger charge is -2.36. The molecule has 1 aromatic rings. The highest BCUT2D eigenvalue weighted by Gasteiger charge is 2.40. The molecule has 0 bridgehead atoms. The van der Waals surface area contributed by atoms with Crippen molar-refractivity contribution in [3.63, 3.8) is 0 Å². The van der Waals surface area contributed by atoms with Gasteiger partial charge in [-0.2, -0.15) is 0 Å². The third-order valence-corrected chi connectivity index (χ3v) is 3.10. The molecule has 1 aromatic carbocycles. The average Bonchev–Trinajstić information content (AvgIpc) is 2.26. The van der Waals surface area contributed by atoms with E-state index in [1.807, 2.05) is 0 Å². The highest BCUT2D eigenvalue weighted by atomic mass is 16.4. The Morgan fingerprint density at radius 1 is 1.29 bits per heavy atom. The maximum Gasteiger partial charge on any atom is 0.337 e. The molecule has 0 spiro atoms. The molecule has 0 unspecified atom stereocenters. The van der Waals surface area contributed by atoms with E-state index in [0.717, 1.165) is 6.42 Å². The van der Waals surface area contributed by atoms with Gasteiger partial charge >= 0.3 is 5.97 Å². The summed E-state index contributed by atoms with van der Waals surface area (Å²) in [4.78, 5) is 22.8. The highest BCUT2D eigenvalue weighted by Crippen LogP contribution is 2.30. The number of carboxylic acids is 1. The first kappa shape index (κ1) is 11.6. The molecular weight excluding hydrogens is 220 g/mol. The quantitative estimate of drug-likeness (QED) is 0.732. The molecule has 1 amide bonds. The fraction of sp³-hybridized carbons (Fsp3) is 0.333. The van der Waals surface area contributed by atoms with Crippen LogP contribution in [0.1, 0.15) is 29.6 Å². The minimum atomic E-state index is -1.07. The number of amides is 1. The Balaban J connectivity index is 2.18. The summed E-state index contributed by atoms with van der Waals surface area (Å²) >= 11 is 0. The third-order valence-electron chi connectivity index (χ3n) is 3.10. The van der Waals surface area contributed by atoms with Crippen LogP contribution in [0.3, 0.4) is 0 Å². The molecule has 0 aliphatic heterocycles. The minimum absolute atomic E-state index is 0.0729. The zero-order valence-corrected chi connectivity index (χ0v) is 9.27. The summed E-state index contributed by atoms with van der Waals surface area (Å²) in [5, 5.41) is 11.6. The van der Waals surface area contributed by atoms with E-state index in [0.29, 0.717) is 18.5 Å². The van der Waals surface area contributed by atoms with E-state index in [1.54, 1.807) is 18.2 Å². The predicted molar refractivity (Wildman–Crippen MR) is 62.8 cm³/mol. The molecule has 5 heteroatoms. The van der Waals surface area contributed by atoms with Crippen LogP contribution in [0.5, 0.6) is 0 Å². The number of hydrogen-bond acceptors (Lipinski definition) is 3. The molecule has 1 saturated carbocycles. The van der Waals surface area contributed by atoms with Gasteiger partial charge in [-0.1, -0.05) is 12.1 Å². The Morgan fingerprint density at radius 3 is 2.47 bits per heavy atom. The molecule has 2 rings (SSSR count). The lowest BCUT2D eigenvalue weighted by atomic mass is 9.77. The van der Waals surface area contributed by atoms with E-state index >= 15 is 0 Å². The number of aromatic carboxylic acids is 1. The van der Waals surface area contributed by atoms with E-state index < -0.39 is 11.5 Å². The largest absolute Gasteiger partial charge is 0.478 e. The Kier molecular flexibility index (Phi) is 2.85.